The minimum absolute atomic E-state index is 0.00959. The van der Waals surface area contributed by atoms with Crippen molar-refractivity contribution in [3.8, 4) is 11.1 Å². The number of nitrogens with one attached hydrogen (secondary N) is 2. The van der Waals surface area contributed by atoms with E-state index in [2.05, 4.69) is 22.8 Å². The summed E-state index contributed by atoms with van der Waals surface area (Å²) < 4.78 is 11.0. The number of amides is 2. The predicted molar refractivity (Wildman–Crippen MR) is 127 cm³/mol. The number of aliphatic hydroxyl groups is 1. The third-order valence-electron chi connectivity index (χ3n) is 6.87. The van der Waals surface area contributed by atoms with Crippen LogP contribution in [0.4, 0.5) is 4.79 Å². The SMILES string of the molecule is O=C(NCC1(C(=O)N[C@H](CCO)C(=O)O)CCOCC1)OCC1c2ccccc2-c2ccccc21. The van der Waals surface area contributed by atoms with E-state index >= 15 is 0 Å². The molecule has 4 rings (SSSR count). The van der Waals surface area contributed by atoms with Crippen molar-refractivity contribution in [1.29, 1.82) is 0 Å². The Hall–Kier alpha value is -3.43. The highest BCUT2D eigenvalue weighted by molar-refractivity contribution is 5.88. The Balaban J connectivity index is 1.39. The summed E-state index contributed by atoms with van der Waals surface area (Å²) in [6.45, 7) is 0.407. The lowest BCUT2D eigenvalue weighted by Crippen LogP contribution is -2.55. The Kier molecular flexibility index (Phi) is 7.67. The molecule has 0 radical (unpaired) electrons. The zero-order chi connectivity index (χ0) is 24.8. The summed E-state index contributed by atoms with van der Waals surface area (Å²) in [5.41, 5.74) is 3.44. The monoisotopic (exact) mass is 482 g/mol. The summed E-state index contributed by atoms with van der Waals surface area (Å²) in [6, 6.07) is 14.9. The van der Waals surface area contributed by atoms with E-state index < -0.39 is 29.4 Å². The summed E-state index contributed by atoms with van der Waals surface area (Å²) in [5, 5.41) is 23.6. The van der Waals surface area contributed by atoms with E-state index in [9.17, 15) is 19.5 Å². The van der Waals surface area contributed by atoms with Crippen LogP contribution in [0.5, 0.6) is 0 Å². The first-order chi connectivity index (χ1) is 16.9. The van der Waals surface area contributed by atoms with Gasteiger partial charge < -0.3 is 30.3 Å². The molecule has 2 aromatic carbocycles. The first kappa shape index (κ1) is 24.7. The molecule has 35 heavy (non-hydrogen) atoms. The molecule has 0 spiro atoms. The van der Waals surface area contributed by atoms with Gasteiger partial charge in [0.2, 0.25) is 5.91 Å². The van der Waals surface area contributed by atoms with Gasteiger partial charge in [-0.1, -0.05) is 48.5 Å². The van der Waals surface area contributed by atoms with Crippen molar-refractivity contribution in [3.05, 3.63) is 59.7 Å². The van der Waals surface area contributed by atoms with Gasteiger partial charge >= 0.3 is 12.1 Å². The van der Waals surface area contributed by atoms with E-state index in [4.69, 9.17) is 14.6 Å². The van der Waals surface area contributed by atoms with Crippen LogP contribution in [0.1, 0.15) is 36.3 Å². The van der Waals surface area contributed by atoms with Gasteiger partial charge in [0.05, 0.1) is 5.41 Å². The summed E-state index contributed by atoms with van der Waals surface area (Å²) in [7, 11) is 0. The van der Waals surface area contributed by atoms with Crippen LogP contribution in [0.15, 0.2) is 48.5 Å². The molecule has 9 nitrogen and oxygen atoms in total. The standard InChI is InChI=1S/C26H30N2O7/c29-12-9-22(23(30)31)28-24(32)26(10-13-34-14-11-26)16-27-25(33)35-15-21-19-7-3-1-5-17(19)18-6-2-4-8-20(18)21/h1-8,21-22,29H,9-16H2,(H,27,33)(H,28,32)(H,30,31)/t22-/m1/s1. The predicted octanol–water partition coefficient (Wildman–Crippen LogP) is 2.27. The van der Waals surface area contributed by atoms with Crippen molar-refractivity contribution in [3.63, 3.8) is 0 Å². The van der Waals surface area contributed by atoms with Crippen LogP contribution < -0.4 is 10.6 Å². The minimum atomic E-state index is -1.22. The van der Waals surface area contributed by atoms with Gasteiger partial charge in [-0.2, -0.15) is 0 Å². The van der Waals surface area contributed by atoms with Gasteiger partial charge in [0.25, 0.3) is 0 Å². The van der Waals surface area contributed by atoms with Crippen molar-refractivity contribution in [2.45, 2.75) is 31.2 Å². The number of carbonyl (C=O) groups excluding carboxylic acids is 2. The zero-order valence-electron chi connectivity index (χ0n) is 19.4. The Labute approximate surface area is 203 Å². The topological polar surface area (TPSA) is 134 Å². The fourth-order valence-electron chi connectivity index (χ4n) is 4.83. The lowest BCUT2D eigenvalue weighted by molar-refractivity contribution is -0.146. The number of ether oxygens (including phenoxy) is 2. The van der Waals surface area contributed by atoms with Gasteiger partial charge in [-0.05, 0) is 35.1 Å². The highest BCUT2D eigenvalue weighted by atomic mass is 16.5. The zero-order valence-corrected chi connectivity index (χ0v) is 19.4. The number of aliphatic carboxylic acids is 1. The average molecular weight is 483 g/mol. The molecule has 2 amide bonds. The van der Waals surface area contributed by atoms with Crippen LogP contribution in [0.25, 0.3) is 11.1 Å². The van der Waals surface area contributed by atoms with Crippen LogP contribution in [0.2, 0.25) is 0 Å². The van der Waals surface area contributed by atoms with E-state index in [1.807, 2.05) is 36.4 Å². The largest absolute Gasteiger partial charge is 0.480 e. The second-order valence-electron chi connectivity index (χ2n) is 8.95. The van der Waals surface area contributed by atoms with Gasteiger partial charge in [-0.15, -0.1) is 0 Å². The molecular weight excluding hydrogens is 452 g/mol. The summed E-state index contributed by atoms with van der Waals surface area (Å²) in [4.78, 5) is 37.1. The number of hydrogen-bond acceptors (Lipinski definition) is 6. The smallest absolute Gasteiger partial charge is 0.407 e. The Morgan fingerprint density at radius 2 is 1.63 bits per heavy atom. The van der Waals surface area contributed by atoms with Crippen molar-refractivity contribution in [2.75, 3.05) is 33.0 Å². The van der Waals surface area contributed by atoms with E-state index in [0.29, 0.717) is 26.1 Å². The van der Waals surface area contributed by atoms with Crippen molar-refractivity contribution in [1.82, 2.24) is 10.6 Å². The van der Waals surface area contributed by atoms with Gasteiger partial charge in [0.15, 0.2) is 0 Å². The molecule has 1 heterocycles. The van der Waals surface area contributed by atoms with Crippen molar-refractivity contribution < 1.29 is 34.1 Å². The quantitative estimate of drug-likeness (QED) is 0.431. The molecule has 9 heteroatoms. The summed E-state index contributed by atoms with van der Waals surface area (Å²) in [6.07, 6.45) is -0.0919. The lowest BCUT2D eigenvalue weighted by Gasteiger charge is -2.36. The van der Waals surface area contributed by atoms with Crippen LogP contribution in [-0.2, 0) is 19.1 Å². The Bertz CT molecular complexity index is 1040. The van der Waals surface area contributed by atoms with Crippen LogP contribution in [0, 0.1) is 5.41 Å². The van der Waals surface area contributed by atoms with Crippen molar-refractivity contribution >= 4 is 18.0 Å². The first-order valence-electron chi connectivity index (χ1n) is 11.8. The third-order valence-corrected chi connectivity index (χ3v) is 6.87. The van der Waals surface area contributed by atoms with Crippen molar-refractivity contribution in [2.24, 2.45) is 5.41 Å². The number of rotatable bonds is 9. The van der Waals surface area contributed by atoms with E-state index in [1.165, 1.54) is 0 Å². The summed E-state index contributed by atoms with van der Waals surface area (Å²) in [5.74, 6) is -1.79. The molecule has 1 aliphatic heterocycles. The van der Waals surface area contributed by atoms with Gasteiger partial charge in [0.1, 0.15) is 12.6 Å². The normalized spacial score (nSPS) is 17.1. The molecule has 0 saturated carbocycles. The molecule has 1 saturated heterocycles. The second-order valence-corrected chi connectivity index (χ2v) is 8.95. The maximum Gasteiger partial charge on any atom is 0.407 e. The average Bonchev–Trinajstić information content (AvgIpc) is 3.20. The molecule has 186 valence electrons. The van der Waals surface area contributed by atoms with Gasteiger partial charge in [-0.3, -0.25) is 4.79 Å². The number of carbonyl (C=O) groups is 3. The molecule has 0 aromatic heterocycles. The first-order valence-corrected chi connectivity index (χ1v) is 11.8. The number of carboxylic acids is 1. The van der Waals surface area contributed by atoms with Crippen LogP contribution in [0.3, 0.4) is 0 Å². The van der Waals surface area contributed by atoms with E-state index in [-0.39, 0.29) is 32.1 Å². The van der Waals surface area contributed by atoms with E-state index in [1.54, 1.807) is 0 Å². The fraction of sp³-hybridized carbons (Fsp3) is 0.423. The number of hydrogen-bond donors (Lipinski definition) is 4. The summed E-state index contributed by atoms with van der Waals surface area (Å²) >= 11 is 0. The molecule has 2 aliphatic rings. The maximum atomic E-state index is 13.1. The van der Waals surface area contributed by atoms with Gasteiger partial charge in [0, 0.05) is 38.7 Å². The maximum absolute atomic E-state index is 13.1. The van der Waals surface area contributed by atoms with Crippen LogP contribution >= 0.6 is 0 Å². The number of benzene rings is 2. The molecular formula is C26H30N2O7. The Morgan fingerprint density at radius 1 is 1.03 bits per heavy atom. The molecule has 4 N–H and O–H groups in total. The molecule has 0 bridgehead atoms. The number of aliphatic hydroxyl groups excluding tert-OH is 1. The molecule has 0 unspecified atom stereocenters. The Morgan fingerprint density at radius 3 is 2.20 bits per heavy atom. The second kappa shape index (κ2) is 10.9. The number of carboxylic acid groups (broad SMARTS) is 1. The van der Waals surface area contributed by atoms with E-state index in [0.717, 1.165) is 22.3 Å². The highest BCUT2D eigenvalue weighted by Crippen LogP contribution is 2.44. The third kappa shape index (κ3) is 5.31. The fourth-order valence-corrected chi connectivity index (χ4v) is 4.83. The highest BCUT2D eigenvalue weighted by Gasteiger charge is 2.42. The van der Waals surface area contributed by atoms with Crippen LogP contribution in [-0.4, -0.2) is 67.2 Å². The minimum Gasteiger partial charge on any atom is -0.480 e. The molecule has 1 aliphatic carbocycles. The van der Waals surface area contributed by atoms with Gasteiger partial charge in [-0.25, -0.2) is 9.59 Å². The number of fused-ring (bicyclic) bond motifs is 3. The lowest BCUT2D eigenvalue weighted by atomic mass is 9.79. The molecule has 1 fully saturated rings. The molecule has 1 atom stereocenters. The molecule has 2 aromatic rings. The number of alkyl carbamates (subject to hydrolysis) is 1.